The molecule has 0 aliphatic rings. The summed E-state index contributed by atoms with van der Waals surface area (Å²) in [5.41, 5.74) is 18.3. The number of unbranched alkanes of at least 4 members (excludes halogenated alkanes) is 1. The van der Waals surface area contributed by atoms with Gasteiger partial charge in [-0.3, -0.25) is 76.7 Å². The van der Waals surface area contributed by atoms with E-state index in [0.29, 0.717) is 23.4 Å². The summed E-state index contributed by atoms with van der Waals surface area (Å²) in [5, 5.41) is 79.5. The third-order valence-electron chi connectivity index (χ3n) is 16.9. The monoisotopic (exact) mass is 1570 g/mol. The van der Waals surface area contributed by atoms with Gasteiger partial charge in [-0.25, -0.2) is 14.8 Å². The molecule has 0 radical (unpaired) electrons. The second kappa shape index (κ2) is 48.1. The average Bonchev–Trinajstić information content (AvgIpc) is 1.57. The molecule has 614 valence electrons. The number of nitrogens with two attached hydrogens (primary N) is 3. The number of benzene rings is 1. The average molecular weight is 1570 g/mol. The molecule has 0 aliphatic heterocycles. The van der Waals surface area contributed by atoms with Crippen molar-refractivity contribution in [3.63, 3.8) is 0 Å². The van der Waals surface area contributed by atoms with Gasteiger partial charge in [0.2, 0.25) is 82.7 Å². The van der Waals surface area contributed by atoms with Gasteiger partial charge in [0.15, 0.2) is 0 Å². The molecule has 111 heavy (non-hydrogen) atoms. The number of carboxylic acid groups (broad SMARTS) is 3. The molecule has 14 amide bonds. The summed E-state index contributed by atoms with van der Waals surface area (Å²) in [6, 6.07) is -11.7. The highest BCUT2D eigenvalue weighted by Gasteiger charge is 2.39. The molecular formula is C69H106N20O22. The number of aromatic amines is 2. The zero-order chi connectivity index (χ0) is 83.2. The highest BCUT2D eigenvalue weighted by molar-refractivity contribution is 6.00. The summed E-state index contributed by atoms with van der Waals surface area (Å²) in [5.74, 6) is -20.5. The van der Waals surface area contributed by atoms with Crippen LogP contribution in [0.25, 0.3) is 0 Å². The molecule has 1 aromatic carbocycles. The third kappa shape index (κ3) is 34.3. The van der Waals surface area contributed by atoms with Crippen molar-refractivity contribution in [2.75, 3.05) is 26.3 Å². The number of nitrogens with zero attached hydrogens (tertiary/aromatic N) is 2. The van der Waals surface area contributed by atoms with Crippen molar-refractivity contribution in [3.05, 3.63) is 72.3 Å². The van der Waals surface area contributed by atoms with Crippen molar-refractivity contribution < 1.29 is 107 Å². The second-order valence-corrected chi connectivity index (χ2v) is 27.4. The number of carbonyl (C=O) groups excluding carboxylic acids is 14. The minimum atomic E-state index is -1.91. The first-order valence-electron chi connectivity index (χ1n) is 35.9. The molecule has 0 bridgehead atoms. The predicted octanol–water partition coefficient (Wildman–Crippen LogP) is -7.01. The number of hydrogen-bond donors (Lipinski definition) is 23. The Balaban J connectivity index is 1.85. The fourth-order valence-corrected chi connectivity index (χ4v) is 10.8. The Labute approximate surface area is 638 Å². The smallest absolute Gasteiger partial charge is 0.328 e. The molecule has 0 aliphatic carbocycles. The number of hydrogen-bond acceptors (Lipinski definition) is 23. The van der Waals surface area contributed by atoms with Crippen molar-refractivity contribution in [1.82, 2.24) is 89.1 Å². The summed E-state index contributed by atoms with van der Waals surface area (Å²) in [6.07, 6.45) is 1.24. The van der Waals surface area contributed by atoms with Gasteiger partial charge < -0.3 is 122 Å². The summed E-state index contributed by atoms with van der Waals surface area (Å²) in [4.78, 5) is 242. The third-order valence-corrected chi connectivity index (χ3v) is 16.9. The fourth-order valence-electron chi connectivity index (χ4n) is 10.8. The first kappa shape index (κ1) is 93.7. The summed E-state index contributed by atoms with van der Waals surface area (Å²) in [6.45, 7) is 8.14. The van der Waals surface area contributed by atoms with E-state index in [1.807, 2.05) is 5.32 Å². The molecule has 42 nitrogen and oxygen atoms in total. The molecule has 0 saturated carbocycles. The lowest BCUT2D eigenvalue weighted by Gasteiger charge is -2.29. The normalized spacial score (nSPS) is 14.7. The number of aromatic nitrogens is 4. The number of aliphatic hydroxyl groups is 2. The van der Waals surface area contributed by atoms with Gasteiger partial charge in [0.25, 0.3) is 0 Å². The second-order valence-electron chi connectivity index (χ2n) is 27.4. The van der Waals surface area contributed by atoms with E-state index in [1.165, 1.54) is 32.0 Å². The maximum absolute atomic E-state index is 14.7. The predicted molar refractivity (Wildman–Crippen MR) is 391 cm³/mol. The van der Waals surface area contributed by atoms with Gasteiger partial charge in [0.05, 0.1) is 38.5 Å². The van der Waals surface area contributed by atoms with Crippen LogP contribution in [0.2, 0.25) is 0 Å². The van der Waals surface area contributed by atoms with Crippen molar-refractivity contribution >= 4 is 101 Å². The number of nitrogens with one attached hydrogen (secondary N) is 15. The Morgan fingerprint density at radius 1 is 0.423 bits per heavy atom. The number of imidazole rings is 2. The lowest BCUT2D eigenvalue weighted by Crippen LogP contribution is -2.62. The molecule has 3 aromatic rings. The standard InChI is InChI=1S/C69H106N20O22/c1-34(2)23-45(62(103)81-42(16-19-51(72)92)59(100)79-43(17-20-53(94)95)60(101)80-44(18-21-54(96)97)61(102)87-50(31-91)69(110)111)84-66(107)49(30-90)78-52(93)29-75-58(99)41(15-11-12-22-70)82-67(108)55(35(3)4)88-65(106)48(26-40-28-74-33-77-40)85-63(104)46(24-38-13-9-8-10-14-38)86-68(109)56(36(5)6)89-64(105)47(83-57(98)37(7)71)25-39-27-73-32-76-39/h8-10,13-14,27-28,32-37,41-50,55-56,90-91H,11-12,15-26,29-31,70-71H2,1-7H3,(H2,72,92)(H,73,76)(H,74,77)(H,75,99)(H,78,93)(H,79,100)(H,80,101)(H,81,103)(H,82,108)(H,83,98)(H,84,107)(H,85,104)(H,86,109)(H,87,102)(H,88,106)(H,89,105)(H,94,95)(H,96,97)(H,110,111)/t37-,41-,42-,43-,44-,45-,46-,47-,48-,49-,50-,55-,56-/m0/s1. The van der Waals surface area contributed by atoms with Crippen LogP contribution in [-0.4, -0.2) is 251 Å². The van der Waals surface area contributed by atoms with Gasteiger partial charge >= 0.3 is 17.9 Å². The van der Waals surface area contributed by atoms with Crippen LogP contribution in [-0.2, 0) is 101 Å². The number of H-pyrrole nitrogens is 2. The first-order valence-corrected chi connectivity index (χ1v) is 35.9. The Morgan fingerprint density at radius 2 is 0.802 bits per heavy atom. The quantitative estimate of drug-likeness (QED) is 0.0234. The van der Waals surface area contributed by atoms with Crippen LogP contribution >= 0.6 is 0 Å². The van der Waals surface area contributed by atoms with Crippen LogP contribution in [0.15, 0.2) is 55.4 Å². The summed E-state index contributed by atoms with van der Waals surface area (Å²) >= 11 is 0. The minimum absolute atomic E-state index is 0.0615. The molecule has 0 fully saturated rings. The Bertz CT molecular complexity index is 3620. The Kier molecular flexibility index (Phi) is 40.6. The molecule has 2 aromatic heterocycles. The van der Waals surface area contributed by atoms with Gasteiger partial charge in [-0.15, -0.1) is 0 Å². The number of amides is 14. The van der Waals surface area contributed by atoms with Gasteiger partial charge in [-0.2, -0.15) is 0 Å². The minimum Gasteiger partial charge on any atom is -0.481 e. The van der Waals surface area contributed by atoms with Gasteiger partial charge in [0.1, 0.15) is 72.5 Å². The number of aliphatic carboxylic acids is 3. The number of primary amides is 1. The zero-order valence-corrected chi connectivity index (χ0v) is 62.8. The van der Waals surface area contributed by atoms with E-state index in [2.05, 4.69) is 83.7 Å². The van der Waals surface area contributed by atoms with Crippen molar-refractivity contribution in [2.45, 2.75) is 210 Å². The number of carbonyl (C=O) groups is 17. The van der Waals surface area contributed by atoms with E-state index in [-0.39, 0.29) is 45.1 Å². The number of carboxylic acids is 3. The van der Waals surface area contributed by atoms with Gasteiger partial charge in [-0.1, -0.05) is 71.9 Å². The SMILES string of the molecule is CC(C)C[C@H](NC(=O)[C@H](CO)NC(=O)CNC(=O)[C@H](CCCCN)NC(=O)[C@@H](NC(=O)[C@H](Cc1cnc[nH]1)NC(=O)[C@H](Cc1ccccc1)NC(=O)[C@@H](NC(=O)[C@H](Cc1cnc[nH]1)NC(=O)[C@H](C)N)C(C)C)C(C)C)C(=O)N[C@@H](CCC(N)=O)C(=O)N[C@@H](CCC(=O)O)C(=O)N[C@@H](CCC(=O)O)C(=O)N[C@@H](CO)C(=O)O. The summed E-state index contributed by atoms with van der Waals surface area (Å²) in [7, 11) is 0. The molecule has 13 atom stereocenters. The maximum atomic E-state index is 14.7. The Morgan fingerprint density at radius 3 is 1.21 bits per heavy atom. The lowest BCUT2D eigenvalue weighted by atomic mass is 9.99. The Hall–Kier alpha value is -11.5. The molecule has 3 rings (SSSR count). The van der Waals surface area contributed by atoms with E-state index in [9.17, 15) is 107 Å². The van der Waals surface area contributed by atoms with E-state index in [4.69, 9.17) is 17.2 Å². The molecule has 2 heterocycles. The number of aliphatic hydroxyl groups excluding tert-OH is 2. The first-order chi connectivity index (χ1) is 52.4. The summed E-state index contributed by atoms with van der Waals surface area (Å²) < 4.78 is 0. The molecule has 0 unspecified atom stereocenters. The molecule has 42 heteroatoms. The highest BCUT2D eigenvalue weighted by Crippen LogP contribution is 2.15. The van der Waals surface area contributed by atoms with Crippen LogP contribution < -0.4 is 86.3 Å². The van der Waals surface area contributed by atoms with E-state index >= 15 is 0 Å². The van der Waals surface area contributed by atoms with Crippen LogP contribution in [0.5, 0.6) is 0 Å². The lowest BCUT2D eigenvalue weighted by molar-refractivity contribution is -0.144. The molecular weight excluding hydrogens is 1460 g/mol. The van der Waals surface area contributed by atoms with E-state index < -0.39 is 255 Å². The van der Waals surface area contributed by atoms with Crippen LogP contribution in [0, 0.1) is 17.8 Å². The van der Waals surface area contributed by atoms with Crippen LogP contribution in [0.1, 0.15) is 130 Å². The van der Waals surface area contributed by atoms with Crippen molar-refractivity contribution in [3.8, 4) is 0 Å². The van der Waals surface area contributed by atoms with E-state index in [1.54, 1.807) is 71.9 Å². The zero-order valence-electron chi connectivity index (χ0n) is 62.8. The molecule has 26 N–H and O–H groups in total. The van der Waals surface area contributed by atoms with Crippen LogP contribution in [0.3, 0.4) is 0 Å². The maximum Gasteiger partial charge on any atom is 0.328 e. The van der Waals surface area contributed by atoms with Crippen molar-refractivity contribution in [2.24, 2.45) is 35.0 Å². The number of rotatable bonds is 52. The molecule has 0 saturated heterocycles. The molecule has 0 spiro atoms. The van der Waals surface area contributed by atoms with Gasteiger partial charge in [0, 0.05) is 62.3 Å². The topological polar surface area (TPSA) is 683 Å². The van der Waals surface area contributed by atoms with E-state index in [0.717, 1.165) is 0 Å². The van der Waals surface area contributed by atoms with Gasteiger partial charge in [-0.05, 0) is 81.7 Å². The highest BCUT2D eigenvalue weighted by atomic mass is 16.4. The fraction of sp³-hybridized carbons (Fsp3) is 0.580. The van der Waals surface area contributed by atoms with Crippen molar-refractivity contribution in [1.29, 1.82) is 0 Å². The van der Waals surface area contributed by atoms with Crippen LogP contribution in [0.4, 0.5) is 0 Å². The largest absolute Gasteiger partial charge is 0.481 e.